The lowest BCUT2D eigenvalue weighted by Gasteiger charge is -2.14. The van der Waals surface area contributed by atoms with E-state index in [-0.39, 0.29) is 11.6 Å². The molecule has 0 spiro atoms. The van der Waals surface area contributed by atoms with Crippen molar-refractivity contribution >= 4 is 11.6 Å². The standard InChI is InChI=1S/C16H16ClFO2/c1-10-3-6-16(13(7-10)11(2)19)20-9-12-4-5-14(17)15(18)8-12/h3-8,11,19H,9H2,1-2H3/t11-/m0/s1. The van der Waals surface area contributed by atoms with Gasteiger partial charge in [-0.15, -0.1) is 0 Å². The molecular weight excluding hydrogens is 279 g/mol. The van der Waals surface area contributed by atoms with Crippen LogP contribution >= 0.6 is 11.6 Å². The molecule has 2 rings (SSSR count). The first-order chi connectivity index (χ1) is 9.47. The lowest BCUT2D eigenvalue weighted by Crippen LogP contribution is -2.01. The van der Waals surface area contributed by atoms with Gasteiger partial charge in [0.2, 0.25) is 0 Å². The molecule has 0 unspecified atom stereocenters. The minimum absolute atomic E-state index is 0.0914. The number of aliphatic hydroxyl groups is 1. The molecule has 106 valence electrons. The van der Waals surface area contributed by atoms with Gasteiger partial charge in [0.15, 0.2) is 0 Å². The van der Waals surface area contributed by atoms with Gasteiger partial charge in [-0.2, -0.15) is 0 Å². The van der Waals surface area contributed by atoms with Crippen LogP contribution < -0.4 is 4.74 Å². The summed E-state index contributed by atoms with van der Waals surface area (Å²) in [4.78, 5) is 0. The minimum atomic E-state index is -0.619. The molecule has 0 radical (unpaired) electrons. The van der Waals surface area contributed by atoms with Gasteiger partial charge in [-0.25, -0.2) is 4.39 Å². The van der Waals surface area contributed by atoms with Gasteiger partial charge in [0.25, 0.3) is 0 Å². The molecule has 1 N–H and O–H groups in total. The average Bonchev–Trinajstić information content (AvgIpc) is 2.41. The van der Waals surface area contributed by atoms with Gasteiger partial charge in [0, 0.05) is 5.56 Å². The third kappa shape index (κ3) is 3.50. The number of hydrogen-bond acceptors (Lipinski definition) is 2. The average molecular weight is 295 g/mol. The maximum atomic E-state index is 13.3. The zero-order chi connectivity index (χ0) is 14.7. The van der Waals surface area contributed by atoms with Crippen LogP contribution in [0.15, 0.2) is 36.4 Å². The van der Waals surface area contributed by atoms with Gasteiger partial charge in [-0.05, 0) is 43.7 Å². The number of rotatable bonds is 4. The maximum absolute atomic E-state index is 13.3. The zero-order valence-electron chi connectivity index (χ0n) is 11.4. The molecule has 4 heteroatoms. The summed E-state index contributed by atoms with van der Waals surface area (Å²) in [7, 11) is 0. The molecular formula is C16H16ClFO2. The Kier molecular flexibility index (Phi) is 4.63. The molecule has 2 aromatic rings. The normalized spacial score (nSPS) is 12.2. The third-order valence-electron chi connectivity index (χ3n) is 2.99. The van der Waals surface area contributed by atoms with E-state index in [9.17, 15) is 9.50 Å². The van der Waals surface area contributed by atoms with E-state index >= 15 is 0 Å². The Morgan fingerprint density at radius 2 is 2.00 bits per heavy atom. The Balaban J connectivity index is 2.16. The van der Waals surface area contributed by atoms with Gasteiger partial charge in [0.05, 0.1) is 11.1 Å². The summed E-state index contributed by atoms with van der Waals surface area (Å²) >= 11 is 5.63. The van der Waals surface area contributed by atoms with Crippen molar-refractivity contribution in [3.05, 3.63) is 63.9 Å². The summed E-state index contributed by atoms with van der Waals surface area (Å²) in [6, 6.07) is 10.1. The van der Waals surface area contributed by atoms with E-state index < -0.39 is 11.9 Å². The summed E-state index contributed by atoms with van der Waals surface area (Å²) in [6.07, 6.45) is -0.619. The van der Waals surface area contributed by atoms with Gasteiger partial charge in [-0.1, -0.05) is 29.3 Å². The Hall–Kier alpha value is -1.58. The summed E-state index contributed by atoms with van der Waals surface area (Å²) in [5.74, 6) is 0.133. The maximum Gasteiger partial charge on any atom is 0.142 e. The number of halogens is 2. The van der Waals surface area contributed by atoms with Crippen LogP contribution in [0, 0.1) is 12.7 Å². The van der Waals surface area contributed by atoms with Crippen LogP contribution in [0.2, 0.25) is 5.02 Å². The quantitative estimate of drug-likeness (QED) is 0.904. The fourth-order valence-corrected chi connectivity index (χ4v) is 2.03. The molecule has 0 saturated carbocycles. The van der Waals surface area contributed by atoms with Crippen LogP contribution in [0.5, 0.6) is 5.75 Å². The molecule has 2 nitrogen and oxygen atoms in total. The van der Waals surface area contributed by atoms with E-state index in [0.717, 1.165) is 11.1 Å². The molecule has 0 heterocycles. The van der Waals surface area contributed by atoms with Crippen molar-refractivity contribution in [2.24, 2.45) is 0 Å². The van der Waals surface area contributed by atoms with E-state index in [1.165, 1.54) is 12.1 Å². The van der Waals surface area contributed by atoms with Crippen LogP contribution in [-0.4, -0.2) is 5.11 Å². The molecule has 0 aliphatic rings. The second kappa shape index (κ2) is 6.25. The lowest BCUT2D eigenvalue weighted by atomic mass is 10.1. The monoisotopic (exact) mass is 294 g/mol. The lowest BCUT2D eigenvalue weighted by molar-refractivity contribution is 0.190. The summed E-state index contributed by atoms with van der Waals surface area (Å²) in [6.45, 7) is 3.85. The molecule has 1 atom stereocenters. The Morgan fingerprint density at radius 3 is 2.65 bits per heavy atom. The van der Waals surface area contributed by atoms with Crippen molar-refractivity contribution in [3.8, 4) is 5.75 Å². The molecule has 0 aromatic heterocycles. The Labute approximate surface area is 122 Å². The number of aliphatic hydroxyl groups excluding tert-OH is 1. The van der Waals surface area contributed by atoms with Crippen LogP contribution in [0.25, 0.3) is 0 Å². The number of aryl methyl sites for hydroxylation is 1. The van der Waals surface area contributed by atoms with Crippen LogP contribution in [0.4, 0.5) is 4.39 Å². The zero-order valence-corrected chi connectivity index (χ0v) is 12.1. The summed E-state index contributed by atoms with van der Waals surface area (Å²) < 4.78 is 19.0. The highest BCUT2D eigenvalue weighted by Crippen LogP contribution is 2.27. The van der Waals surface area contributed by atoms with Crippen LogP contribution in [0.3, 0.4) is 0 Å². The van der Waals surface area contributed by atoms with Gasteiger partial charge < -0.3 is 9.84 Å². The van der Waals surface area contributed by atoms with E-state index in [1.54, 1.807) is 13.0 Å². The van der Waals surface area contributed by atoms with E-state index in [2.05, 4.69) is 0 Å². The molecule has 0 aliphatic heterocycles. The van der Waals surface area contributed by atoms with E-state index in [1.807, 2.05) is 25.1 Å². The molecule has 20 heavy (non-hydrogen) atoms. The smallest absolute Gasteiger partial charge is 0.142 e. The Morgan fingerprint density at radius 1 is 1.25 bits per heavy atom. The first-order valence-electron chi connectivity index (χ1n) is 6.32. The number of ether oxygens (including phenoxy) is 1. The van der Waals surface area contributed by atoms with E-state index in [0.29, 0.717) is 11.3 Å². The van der Waals surface area contributed by atoms with Gasteiger partial charge in [0.1, 0.15) is 18.2 Å². The van der Waals surface area contributed by atoms with Crippen molar-refractivity contribution < 1.29 is 14.2 Å². The highest BCUT2D eigenvalue weighted by Gasteiger charge is 2.10. The van der Waals surface area contributed by atoms with Crippen molar-refractivity contribution in [1.29, 1.82) is 0 Å². The van der Waals surface area contributed by atoms with Crippen LogP contribution in [0.1, 0.15) is 29.7 Å². The number of benzene rings is 2. The van der Waals surface area contributed by atoms with Crippen molar-refractivity contribution in [3.63, 3.8) is 0 Å². The SMILES string of the molecule is Cc1ccc(OCc2ccc(Cl)c(F)c2)c([C@H](C)O)c1. The first-order valence-corrected chi connectivity index (χ1v) is 6.70. The predicted molar refractivity (Wildman–Crippen MR) is 77.6 cm³/mol. The second-order valence-corrected chi connectivity index (χ2v) is 5.16. The predicted octanol–water partition coefficient (Wildman–Crippen LogP) is 4.42. The van der Waals surface area contributed by atoms with Crippen molar-refractivity contribution in [1.82, 2.24) is 0 Å². The number of hydrogen-bond donors (Lipinski definition) is 1. The summed E-state index contributed by atoms with van der Waals surface area (Å²) in [5, 5.41) is 9.84. The second-order valence-electron chi connectivity index (χ2n) is 4.75. The minimum Gasteiger partial charge on any atom is -0.489 e. The molecule has 0 bridgehead atoms. The van der Waals surface area contributed by atoms with Gasteiger partial charge in [-0.3, -0.25) is 0 Å². The largest absolute Gasteiger partial charge is 0.489 e. The fraction of sp³-hybridized carbons (Fsp3) is 0.250. The molecule has 0 amide bonds. The topological polar surface area (TPSA) is 29.5 Å². The molecule has 0 saturated heterocycles. The Bertz CT molecular complexity index is 611. The van der Waals surface area contributed by atoms with E-state index in [4.69, 9.17) is 16.3 Å². The van der Waals surface area contributed by atoms with Crippen molar-refractivity contribution in [2.45, 2.75) is 26.6 Å². The highest BCUT2D eigenvalue weighted by molar-refractivity contribution is 6.30. The van der Waals surface area contributed by atoms with Crippen molar-refractivity contribution in [2.75, 3.05) is 0 Å². The highest BCUT2D eigenvalue weighted by atomic mass is 35.5. The fourth-order valence-electron chi connectivity index (χ4n) is 1.92. The first kappa shape index (κ1) is 14.8. The summed E-state index contributed by atoms with van der Waals surface area (Å²) in [5.41, 5.74) is 2.45. The van der Waals surface area contributed by atoms with Gasteiger partial charge >= 0.3 is 0 Å². The third-order valence-corrected chi connectivity index (χ3v) is 3.30. The molecule has 0 aliphatic carbocycles. The molecule has 0 fully saturated rings. The van der Waals surface area contributed by atoms with Crippen LogP contribution in [-0.2, 0) is 6.61 Å². The molecule has 2 aromatic carbocycles.